The number of hydrogen-bond acceptors (Lipinski definition) is 10. The van der Waals surface area contributed by atoms with Crippen LogP contribution in [0.4, 0.5) is 5.69 Å². The van der Waals surface area contributed by atoms with E-state index in [0.717, 1.165) is 21.0 Å². The first-order chi connectivity index (χ1) is 31.5. The fraction of sp³-hybridized carbons (Fsp3) is 0.0588. The number of fused-ring (bicyclic) bond motifs is 3. The van der Waals surface area contributed by atoms with Gasteiger partial charge in [0.2, 0.25) is 6.79 Å². The number of carbonyl (C=O) groups excluding carboxylic acids is 2. The van der Waals surface area contributed by atoms with Crippen molar-refractivity contribution in [3.8, 4) is 45.3 Å². The number of nitrogens with zero attached hydrogens (tertiary/aromatic N) is 1. The van der Waals surface area contributed by atoms with E-state index in [4.69, 9.17) is 18.9 Å². The maximum Gasteiger partial charge on any atom is 0.270 e. The Morgan fingerprint density at radius 1 is 0.631 bits per heavy atom. The number of ketones is 2. The lowest BCUT2D eigenvalue weighted by atomic mass is 9.93. The van der Waals surface area contributed by atoms with Crippen molar-refractivity contribution in [3.63, 3.8) is 0 Å². The van der Waals surface area contributed by atoms with Crippen LogP contribution < -0.4 is 30.1 Å². The number of nitro benzene ring substituents is 1. The molecule has 0 fully saturated rings. The van der Waals surface area contributed by atoms with Crippen LogP contribution in [0.15, 0.2) is 160 Å². The quantitative estimate of drug-likeness (QED) is 0.0548. The second-order valence-corrected chi connectivity index (χ2v) is 15.4. The number of aromatic amines is 2. The molecule has 0 spiro atoms. The molecule has 0 unspecified atom stereocenters. The van der Waals surface area contributed by atoms with Gasteiger partial charge in [-0.15, -0.1) is 0 Å². The molecule has 0 radical (unpaired) electrons. The van der Waals surface area contributed by atoms with Gasteiger partial charge in [0.25, 0.3) is 16.8 Å². The van der Waals surface area contributed by atoms with Crippen LogP contribution in [0.1, 0.15) is 31.8 Å². The molecule has 0 bridgehead atoms. The summed E-state index contributed by atoms with van der Waals surface area (Å²) < 4.78 is 22.1. The van der Waals surface area contributed by atoms with E-state index in [-0.39, 0.29) is 29.4 Å². The molecule has 0 saturated heterocycles. The second-order valence-electron chi connectivity index (χ2n) is 14.4. The standard InChI is InChI=1S/C26H20BrNO4.C25H16N2O6/c1-31-22-13-9-16(14-23(22)32-2)8-12-21(29)25-24(17-6-4-3-5-7-17)19-15-18(27)10-11-20(19)28-26(25)30;28-20(10-6-15-7-11-21-22(12-15)33-14-32-21)24-23(16-4-2-1-3-5-16)18-13-17(27(30)31)8-9-19(18)26-25(24)29/h3-15H,1-2H3,(H,28,30);1-13H,14H2,(H,26,29)/b12-8+;10-6+. The Hall–Kier alpha value is -8.36. The first kappa shape index (κ1) is 43.3. The maximum absolute atomic E-state index is 13.3. The minimum Gasteiger partial charge on any atom is -0.493 e. The first-order valence-electron chi connectivity index (χ1n) is 19.9. The van der Waals surface area contributed by atoms with Gasteiger partial charge in [-0.1, -0.05) is 101 Å². The largest absolute Gasteiger partial charge is 0.493 e. The van der Waals surface area contributed by atoms with Crippen LogP contribution in [0.2, 0.25) is 0 Å². The number of ether oxygens (including phenoxy) is 4. The lowest BCUT2D eigenvalue weighted by Crippen LogP contribution is -2.18. The number of rotatable bonds is 11. The van der Waals surface area contributed by atoms with Crippen molar-refractivity contribution in [1.29, 1.82) is 0 Å². The van der Waals surface area contributed by atoms with Gasteiger partial charge in [0.05, 0.1) is 30.3 Å². The van der Waals surface area contributed by atoms with Crippen LogP contribution in [0.3, 0.4) is 0 Å². The zero-order chi connectivity index (χ0) is 45.6. The van der Waals surface area contributed by atoms with E-state index in [1.807, 2.05) is 60.7 Å². The smallest absolute Gasteiger partial charge is 0.270 e. The van der Waals surface area contributed by atoms with E-state index in [0.29, 0.717) is 61.7 Å². The topological polar surface area (TPSA) is 180 Å². The van der Waals surface area contributed by atoms with Crippen molar-refractivity contribution in [2.75, 3.05) is 21.0 Å². The predicted molar refractivity (Wildman–Crippen MR) is 253 cm³/mol. The third-order valence-electron chi connectivity index (χ3n) is 10.5. The van der Waals surface area contributed by atoms with Crippen molar-refractivity contribution in [3.05, 3.63) is 203 Å². The van der Waals surface area contributed by atoms with E-state index in [2.05, 4.69) is 25.9 Å². The molecule has 9 rings (SSSR count). The van der Waals surface area contributed by atoms with Crippen molar-refractivity contribution in [2.45, 2.75) is 0 Å². The Kier molecular flexibility index (Phi) is 12.6. The molecule has 1 aliphatic rings. The number of carbonyl (C=O) groups is 2. The van der Waals surface area contributed by atoms with Gasteiger partial charge >= 0.3 is 0 Å². The predicted octanol–water partition coefficient (Wildman–Crippen LogP) is 10.6. The number of benzene rings is 6. The number of hydrogen-bond donors (Lipinski definition) is 2. The molecule has 322 valence electrons. The zero-order valence-corrected chi connectivity index (χ0v) is 36.2. The van der Waals surface area contributed by atoms with Gasteiger partial charge in [-0.25, -0.2) is 0 Å². The monoisotopic (exact) mass is 929 g/mol. The fourth-order valence-electron chi connectivity index (χ4n) is 7.42. The van der Waals surface area contributed by atoms with E-state index >= 15 is 0 Å². The highest BCUT2D eigenvalue weighted by Crippen LogP contribution is 2.36. The second kappa shape index (κ2) is 18.9. The van der Waals surface area contributed by atoms with Crippen LogP contribution in [0.25, 0.3) is 56.2 Å². The minimum atomic E-state index is -0.574. The maximum atomic E-state index is 13.3. The third-order valence-corrected chi connectivity index (χ3v) is 11.0. The summed E-state index contributed by atoms with van der Waals surface area (Å²) in [5, 5.41) is 12.6. The highest BCUT2D eigenvalue weighted by atomic mass is 79.9. The van der Waals surface area contributed by atoms with E-state index in [1.165, 1.54) is 30.4 Å². The summed E-state index contributed by atoms with van der Waals surface area (Å²) in [4.78, 5) is 68.8. The van der Waals surface area contributed by atoms with Gasteiger partial charge in [0.15, 0.2) is 34.6 Å². The summed E-state index contributed by atoms with van der Waals surface area (Å²) in [6.45, 7) is 0.139. The number of allylic oxidation sites excluding steroid dienone is 2. The molecule has 65 heavy (non-hydrogen) atoms. The lowest BCUT2D eigenvalue weighted by molar-refractivity contribution is -0.384. The molecule has 2 N–H and O–H groups in total. The fourth-order valence-corrected chi connectivity index (χ4v) is 7.78. The van der Waals surface area contributed by atoms with E-state index < -0.39 is 21.8 Å². The molecule has 6 aromatic carbocycles. The number of H-pyrrole nitrogens is 2. The molecule has 0 atom stereocenters. The van der Waals surface area contributed by atoms with Crippen molar-refractivity contribution >= 4 is 67.1 Å². The van der Waals surface area contributed by atoms with Crippen molar-refractivity contribution in [1.82, 2.24) is 9.97 Å². The summed E-state index contributed by atoms with van der Waals surface area (Å²) in [5.41, 5.74) is 3.73. The Morgan fingerprint density at radius 2 is 1.15 bits per heavy atom. The average Bonchev–Trinajstić information content (AvgIpc) is 3.80. The molecule has 8 aromatic rings. The van der Waals surface area contributed by atoms with Crippen molar-refractivity contribution in [2.24, 2.45) is 0 Å². The molecule has 14 heteroatoms. The SMILES string of the molecule is COc1ccc(/C=C/C(=O)c2c(-c3ccccc3)c3cc(Br)ccc3[nH]c2=O)cc1OC.O=C(/C=C/c1ccc2c(c1)OCO2)c1c(-c2ccccc2)c2cc([N+](=O)[O-])ccc2[nH]c1=O. The number of aromatic nitrogens is 2. The van der Waals surface area contributed by atoms with Gasteiger partial charge in [-0.3, -0.25) is 29.3 Å². The van der Waals surface area contributed by atoms with Crippen LogP contribution in [0, 0.1) is 10.1 Å². The molecular formula is C51H36BrN3O10. The Balaban J connectivity index is 0.000000177. The highest BCUT2D eigenvalue weighted by molar-refractivity contribution is 9.10. The van der Waals surface area contributed by atoms with E-state index in [1.54, 1.807) is 81.0 Å². The van der Waals surface area contributed by atoms with Crippen LogP contribution in [-0.4, -0.2) is 47.5 Å². The zero-order valence-electron chi connectivity index (χ0n) is 34.6. The normalized spacial score (nSPS) is 11.7. The number of methoxy groups -OCH3 is 2. The third kappa shape index (κ3) is 9.24. The number of pyridine rings is 2. The summed E-state index contributed by atoms with van der Waals surface area (Å²) >= 11 is 3.49. The van der Waals surface area contributed by atoms with Gasteiger partial charge in [0, 0.05) is 49.5 Å². The van der Waals surface area contributed by atoms with Crippen LogP contribution >= 0.6 is 15.9 Å². The van der Waals surface area contributed by atoms with Gasteiger partial charge in [-0.2, -0.15) is 0 Å². The van der Waals surface area contributed by atoms with Gasteiger partial charge < -0.3 is 28.9 Å². The molecule has 2 aromatic heterocycles. The number of nitrogens with one attached hydrogen (secondary N) is 2. The number of non-ortho nitro benzene ring substituents is 1. The summed E-state index contributed by atoms with van der Waals surface area (Å²) in [7, 11) is 3.11. The number of nitro groups is 1. The van der Waals surface area contributed by atoms with E-state index in [9.17, 15) is 29.3 Å². The Morgan fingerprint density at radius 3 is 1.72 bits per heavy atom. The van der Waals surface area contributed by atoms with Crippen molar-refractivity contribution < 1.29 is 33.5 Å². The minimum absolute atomic E-state index is 0.0915. The van der Waals surface area contributed by atoms with Gasteiger partial charge in [-0.05, 0) is 82.9 Å². The Bertz CT molecular complexity index is 3340. The van der Waals surface area contributed by atoms with Gasteiger partial charge in [0.1, 0.15) is 0 Å². The summed E-state index contributed by atoms with van der Waals surface area (Å²) in [6.07, 6.45) is 5.94. The molecule has 0 amide bonds. The molecule has 13 nitrogen and oxygen atoms in total. The van der Waals surface area contributed by atoms with Crippen LogP contribution in [-0.2, 0) is 0 Å². The summed E-state index contributed by atoms with van der Waals surface area (Å²) in [5.74, 6) is 1.44. The molecule has 1 aliphatic heterocycles. The first-order valence-corrected chi connectivity index (χ1v) is 20.7. The molecule has 0 saturated carbocycles. The molecule has 0 aliphatic carbocycles. The summed E-state index contributed by atoms with van der Waals surface area (Å²) in [6, 6.07) is 38.6. The molecule has 3 heterocycles. The highest BCUT2D eigenvalue weighted by Gasteiger charge is 2.22. The molecular weight excluding hydrogens is 894 g/mol. The average molecular weight is 931 g/mol. The lowest BCUT2D eigenvalue weighted by Gasteiger charge is -2.12. The number of halogens is 1. The Labute approximate surface area is 378 Å². The van der Waals surface area contributed by atoms with Crippen LogP contribution in [0.5, 0.6) is 23.0 Å².